The third-order valence-electron chi connectivity index (χ3n) is 3.57. The van der Waals surface area contributed by atoms with E-state index in [0.29, 0.717) is 18.0 Å². The van der Waals surface area contributed by atoms with Crippen LogP contribution < -0.4 is 5.32 Å². The second-order valence-corrected chi connectivity index (χ2v) is 5.32. The number of aryl methyl sites for hydroxylation is 1. The van der Waals surface area contributed by atoms with Crippen LogP contribution in [0.1, 0.15) is 16.2 Å². The molecule has 128 valence electrons. The van der Waals surface area contributed by atoms with Gasteiger partial charge < -0.3 is 20.0 Å². The summed E-state index contributed by atoms with van der Waals surface area (Å²) >= 11 is 0. The van der Waals surface area contributed by atoms with Crippen LogP contribution in [0, 0.1) is 17.0 Å². The van der Waals surface area contributed by atoms with Crippen molar-refractivity contribution < 1.29 is 14.2 Å². The molecule has 0 atom stereocenters. The van der Waals surface area contributed by atoms with Crippen LogP contribution in [-0.4, -0.2) is 32.3 Å². The molecule has 0 aliphatic heterocycles. The zero-order valence-corrected chi connectivity index (χ0v) is 13.4. The molecule has 0 aliphatic carbocycles. The lowest BCUT2D eigenvalue weighted by atomic mass is 10.1. The van der Waals surface area contributed by atoms with Crippen molar-refractivity contribution in [1.82, 2.24) is 20.3 Å². The summed E-state index contributed by atoms with van der Waals surface area (Å²) in [5, 5.41) is 21.0. The molecule has 0 spiro atoms. The van der Waals surface area contributed by atoms with Crippen molar-refractivity contribution in [3.05, 3.63) is 64.0 Å². The van der Waals surface area contributed by atoms with E-state index in [1.165, 1.54) is 10.7 Å². The van der Waals surface area contributed by atoms with E-state index in [4.69, 9.17) is 4.52 Å². The number of carbonyl (C=O) groups is 1. The van der Waals surface area contributed by atoms with E-state index in [1.807, 2.05) is 30.3 Å². The number of nitrogens with one attached hydrogen (secondary N) is 1. The van der Waals surface area contributed by atoms with Crippen LogP contribution in [-0.2, 0) is 6.54 Å². The van der Waals surface area contributed by atoms with E-state index in [2.05, 4.69) is 15.6 Å². The predicted molar refractivity (Wildman–Crippen MR) is 87.9 cm³/mol. The molecule has 0 bridgehead atoms. The Kier molecular flexibility index (Phi) is 4.55. The molecule has 9 nitrogen and oxygen atoms in total. The van der Waals surface area contributed by atoms with Crippen LogP contribution in [0.4, 0.5) is 5.82 Å². The molecule has 2 heterocycles. The summed E-state index contributed by atoms with van der Waals surface area (Å²) in [6, 6.07) is 12.3. The Bertz CT molecular complexity index is 900. The maximum Gasteiger partial charge on any atom is 0.390 e. The van der Waals surface area contributed by atoms with Gasteiger partial charge in [0.25, 0.3) is 5.91 Å². The normalized spacial score (nSPS) is 10.6. The average Bonchev–Trinajstić information content (AvgIpc) is 3.23. The minimum atomic E-state index is -0.553. The summed E-state index contributed by atoms with van der Waals surface area (Å²) in [5.41, 5.74) is 1.64. The lowest BCUT2D eigenvalue weighted by Gasteiger charge is -2.02. The molecular weight excluding hydrogens is 326 g/mol. The van der Waals surface area contributed by atoms with E-state index >= 15 is 0 Å². The molecule has 9 heteroatoms. The van der Waals surface area contributed by atoms with E-state index in [0.717, 1.165) is 5.56 Å². The Balaban J connectivity index is 1.58. The molecule has 3 aromatic rings. The number of nitro groups is 1. The fourth-order valence-corrected chi connectivity index (χ4v) is 2.29. The van der Waals surface area contributed by atoms with Gasteiger partial charge in [0.15, 0.2) is 11.5 Å². The molecule has 0 saturated heterocycles. The Morgan fingerprint density at radius 3 is 2.76 bits per heavy atom. The van der Waals surface area contributed by atoms with E-state index in [1.54, 1.807) is 13.0 Å². The maximum absolute atomic E-state index is 12.1. The summed E-state index contributed by atoms with van der Waals surface area (Å²) in [7, 11) is 0. The number of carbonyl (C=O) groups excluding carboxylic acids is 1. The van der Waals surface area contributed by atoms with Crippen molar-refractivity contribution in [3.63, 3.8) is 0 Å². The molecule has 0 unspecified atom stereocenters. The highest BCUT2D eigenvalue weighted by atomic mass is 16.6. The zero-order valence-electron chi connectivity index (χ0n) is 13.4. The molecule has 0 aliphatic rings. The fraction of sp³-hybridized carbons (Fsp3) is 0.188. The first-order chi connectivity index (χ1) is 12.0. The molecule has 0 saturated carbocycles. The Morgan fingerprint density at radius 2 is 2.08 bits per heavy atom. The van der Waals surface area contributed by atoms with E-state index < -0.39 is 4.92 Å². The van der Waals surface area contributed by atoms with Crippen LogP contribution >= 0.6 is 0 Å². The largest absolute Gasteiger partial charge is 0.390 e. The SMILES string of the molecule is Cc1cc([N+](=O)[O-])nn1CCNC(=O)c1cc(-c2ccccc2)on1. The van der Waals surface area contributed by atoms with Crippen molar-refractivity contribution in [3.8, 4) is 11.3 Å². The minimum absolute atomic E-state index is 0.169. The van der Waals surface area contributed by atoms with Gasteiger partial charge in [-0.3, -0.25) is 4.79 Å². The van der Waals surface area contributed by atoms with Crippen LogP contribution in [0.2, 0.25) is 0 Å². The van der Waals surface area contributed by atoms with Gasteiger partial charge in [0, 0.05) is 18.2 Å². The number of amides is 1. The standard InChI is InChI=1S/C16H15N5O4/c1-11-9-15(21(23)24)18-20(11)8-7-17-16(22)13-10-14(25-19-13)12-5-3-2-4-6-12/h2-6,9-10H,7-8H2,1H3,(H,17,22). The summed E-state index contributed by atoms with van der Waals surface area (Å²) < 4.78 is 6.65. The third-order valence-corrected chi connectivity index (χ3v) is 3.57. The summed E-state index contributed by atoms with van der Waals surface area (Å²) in [6.45, 7) is 2.28. The maximum atomic E-state index is 12.1. The average molecular weight is 341 g/mol. The number of hydrogen-bond donors (Lipinski definition) is 1. The predicted octanol–water partition coefficient (Wildman–Crippen LogP) is 2.18. The van der Waals surface area contributed by atoms with Gasteiger partial charge in [-0.2, -0.15) is 4.68 Å². The quantitative estimate of drug-likeness (QED) is 0.542. The van der Waals surface area contributed by atoms with Crippen LogP contribution in [0.5, 0.6) is 0 Å². The molecule has 2 aromatic heterocycles. The van der Waals surface area contributed by atoms with Gasteiger partial charge in [0.1, 0.15) is 0 Å². The first-order valence-corrected chi connectivity index (χ1v) is 7.54. The highest BCUT2D eigenvalue weighted by molar-refractivity contribution is 5.93. The van der Waals surface area contributed by atoms with E-state index in [9.17, 15) is 14.9 Å². The van der Waals surface area contributed by atoms with Crippen LogP contribution in [0.3, 0.4) is 0 Å². The topological polar surface area (TPSA) is 116 Å². The first kappa shape index (κ1) is 16.4. The number of rotatable bonds is 6. The fourth-order valence-electron chi connectivity index (χ4n) is 2.29. The highest BCUT2D eigenvalue weighted by Crippen LogP contribution is 2.19. The van der Waals surface area contributed by atoms with Gasteiger partial charge in [0.2, 0.25) is 0 Å². The Labute approximate surface area is 142 Å². The van der Waals surface area contributed by atoms with Gasteiger partial charge in [-0.1, -0.05) is 35.5 Å². The number of aromatic nitrogens is 3. The van der Waals surface area contributed by atoms with E-state index in [-0.39, 0.29) is 24.0 Å². The molecule has 1 amide bonds. The molecule has 1 aromatic carbocycles. The number of hydrogen-bond acceptors (Lipinski definition) is 6. The summed E-state index contributed by atoms with van der Waals surface area (Å²) in [5.74, 6) is -0.0950. The van der Waals surface area contributed by atoms with Crippen molar-refractivity contribution in [2.24, 2.45) is 0 Å². The highest BCUT2D eigenvalue weighted by Gasteiger charge is 2.16. The summed E-state index contributed by atoms with van der Waals surface area (Å²) in [4.78, 5) is 22.2. The molecule has 25 heavy (non-hydrogen) atoms. The van der Waals surface area contributed by atoms with Crippen molar-refractivity contribution in [2.45, 2.75) is 13.5 Å². The van der Waals surface area contributed by atoms with Crippen molar-refractivity contribution in [1.29, 1.82) is 0 Å². The second-order valence-electron chi connectivity index (χ2n) is 5.32. The zero-order chi connectivity index (χ0) is 17.8. The van der Waals surface area contributed by atoms with Gasteiger partial charge in [-0.15, -0.1) is 0 Å². The van der Waals surface area contributed by atoms with Gasteiger partial charge in [0.05, 0.1) is 23.4 Å². The molecular formula is C16H15N5O4. The lowest BCUT2D eigenvalue weighted by molar-refractivity contribution is -0.389. The van der Waals surface area contributed by atoms with Crippen LogP contribution in [0.15, 0.2) is 47.0 Å². The monoisotopic (exact) mass is 341 g/mol. The van der Waals surface area contributed by atoms with Gasteiger partial charge >= 0.3 is 5.82 Å². The van der Waals surface area contributed by atoms with Crippen molar-refractivity contribution >= 4 is 11.7 Å². The number of benzene rings is 1. The lowest BCUT2D eigenvalue weighted by Crippen LogP contribution is -2.28. The van der Waals surface area contributed by atoms with Gasteiger partial charge in [-0.05, 0) is 11.8 Å². The minimum Gasteiger partial charge on any atom is -0.358 e. The molecule has 0 radical (unpaired) electrons. The van der Waals surface area contributed by atoms with Crippen LogP contribution in [0.25, 0.3) is 11.3 Å². The van der Waals surface area contributed by atoms with Gasteiger partial charge in [-0.25, -0.2) is 0 Å². The Morgan fingerprint density at radius 1 is 1.32 bits per heavy atom. The molecule has 3 rings (SSSR count). The number of nitrogens with zero attached hydrogens (tertiary/aromatic N) is 4. The smallest absolute Gasteiger partial charge is 0.358 e. The first-order valence-electron chi connectivity index (χ1n) is 7.54. The molecule has 1 N–H and O–H groups in total. The second kappa shape index (κ2) is 6.95. The summed E-state index contributed by atoms with van der Waals surface area (Å²) in [6.07, 6.45) is 0. The molecule has 0 fully saturated rings. The Hall–Kier alpha value is -3.49. The van der Waals surface area contributed by atoms with Crippen molar-refractivity contribution in [2.75, 3.05) is 6.54 Å². The third kappa shape index (κ3) is 3.71.